The summed E-state index contributed by atoms with van der Waals surface area (Å²) in [5.41, 5.74) is 1.44. The second kappa shape index (κ2) is 6.34. The Balaban J connectivity index is 1.33. The van der Waals surface area contributed by atoms with Gasteiger partial charge < -0.3 is 4.90 Å². The molecule has 1 aliphatic carbocycles. The molecule has 4 nitrogen and oxygen atoms in total. The molecule has 1 saturated heterocycles. The van der Waals surface area contributed by atoms with Crippen molar-refractivity contribution in [2.24, 2.45) is 16.8 Å². The van der Waals surface area contributed by atoms with Crippen molar-refractivity contribution in [1.82, 2.24) is 9.80 Å². The van der Waals surface area contributed by atoms with Gasteiger partial charge in [-0.2, -0.15) is 0 Å². The highest BCUT2D eigenvalue weighted by molar-refractivity contribution is 5.99. The molecule has 0 N–H and O–H groups in total. The summed E-state index contributed by atoms with van der Waals surface area (Å²) >= 11 is 0. The van der Waals surface area contributed by atoms with Gasteiger partial charge in [0.2, 0.25) is 11.9 Å². The summed E-state index contributed by atoms with van der Waals surface area (Å²) in [5, 5.41) is 0. The summed E-state index contributed by atoms with van der Waals surface area (Å²) in [5.74, 6) is 2.31. The normalized spacial score (nSPS) is 22.3. The highest BCUT2D eigenvalue weighted by atomic mass is 16.2. The number of aliphatic imine (C=N–C) groups is 1. The molecule has 2 fully saturated rings. The molecule has 1 aromatic rings. The first-order valence-corrected chi connectivity index (χ1v) is 8.96. The first-order valence-electron chi connectivity index (χ1n) is 8.96. The third-order valence-electron chi connectivity index (χ3n) is 5.28. The van der Waals surface area contributed by atoms with E-state index in [1.54, 1.807) is 0 Å². The van der Waals surface area contributed by atoms with Crippen molar-refractivity contribution in [3.8, 4) is 0 Å². The minimum absolute atomic E-state index is 0.286. The Morgan fingerprint density at radius 2 is 1.78 bits per heavy atom. The number of rotatable bonds is 3. The smallest absolute Gasteiger partial charge is 0.232 e. The molecular formula is C19H25N3O. The van der Waals surface area contributed by atoms with E-state index < -0.39 is 0 Å². The van der Waals surface area contributed by atoms with Crippen LogP contribution in [0.1, 0.15) is 31.2 Å². The van der Waals surface area contributed by atoms with Crippen LogP contribution in [0.4, 0.5) is 0 Å². The Labute approximate surface area is 138 Å². The van der Waals surface area contributed by atoms with Gasteiger partial charge in [0, 0.05) is 25.6 Å². The van der Waals surface area contributed by atoms with E-state index in [4.69, 9.17) is 0 Å². The number of hydrogen-bond donors (Lipinski definition) is 0. The highest BCUT2D eigenvalue weighted by Gasteiger charge is 2.38. The monoisotopic (exact) mass is 311 g/mol. The van der Waals surface area contributed by atoms with Crippen molar-refractivity contribution in [1.29, 1.82) is 0 Å². The van der Waals surface area contributed by atoms with E-state index in [9.17, 15) is 4.79 Å². The maximum atomic E-state index is 12.4. The minimum Gasteiger partial charge on any atom is -0.342 e. The van der Waals surface area contributed by atoms with Gasteiger partial charge >= 0.3 is 0 Å². The Bertz CT molecular complexity index is 586. The van der Waals surface area contributed by atoms with E-state index in [0.29, 0.717) is 5.91 Å². The van der Waals surface area contributed by atoms with Gasteiger partial charge in [0.15, 0.2) is 0 Å². The minimum atomic E-state index is 0.286. The molecule has 0 aromatic heterocycles. The molecule has 0 unspecified atom stereocenters. The van der Waals surface area contributed by atoms with Crippen LogP contribution in [0.15, 0.2) is 35.3 Å². The number of amides is 1. The number of benzene rings is 1. The Kier molecular flexibility index (Phi) is 4.06. The molecule has 1 amide bonds. The lowest BCUT2D eigenvalue weighted by atomic mass is 9.90. The van der Waals surface area contributed by atoms with Gasteiger partial charge in [0.1, 0.15) is 0 Å². The summed E-state index contributed by atoms with van der Waals surface area (Å²) in [6, 6.07) is 10.8. The Hall–Kier alpha value is -1.84. The first-order chi connectivity index (χ1) is 11.3. The summed E-state index contributed by atoms with van der Waals surface area (Å²) < 4.78 is 0. The van der Waals surface area contributed by atoms with E-state index >= 15 is 0 Å². The zero-order valence-corrected chi connectivity index (χ0v) is 13.7. The summed E-state index contributed by atoms with van der Waals surface area (Å²) in [4.78, 5) is 21.3. The average molecular weight is 311 g/mol. The number of nitrogens with zero attached hydrogens (tertiary/aromatic N) is 3. The van der Waals surface area contributed by atoms with Crippen molar-refractivity contribution < 1.29 is 4.79 Å². The van der Waals surface area contributed by atoms with Crippen molar-refractivity contribution in [3.05, 3.63) is 35.9 Å². The van der Waals surface area contributed by atoms with Crippen molar-refractivity contribution in [2.45, 2.75) is 32.1 Å². The van der Waals surface area contributed by atoms with Gasteiger partial charge in [-0.3, -0.25) is 14.7 Å². The van der Waals surface area contributed by atoms with Gasteiger partial charge in [-0.25, -0.2) is 0 Å². The van der Waals surface area contributed by atoms with Gasteiger partial charge in [0.25, 0.3) is 0 Å². The number of carbonyl (C=O) groups is 1. The van der Waals surface area contributed by atoms with Gasteiger partial charge in [-0.05, 0) is 43.6 Å². The largest absolute Gasteiger partial charge is 0.342 e. The molecule has 0 atom stereocenters. The van der Waals surface area contributed by atoms with Crippen LogP contribution in [-0.2, 0) is 11.2 Å². The van der Waals surface area contributed by atoms with Crippen LogP contribution >= 0.6 is 0 Å². The van der Waals surface area contributed by atoms with Crippen molar-refractivity contribution in [3.63, 3.8) is 0 Å². The SMILES string of the molecule is O=C(C1CC1)N1CCN=C1N1CCC(Cc2ccccc2)CC1. The van der Waals surface area contributed by atoms with Gasteiger partial charge in [-0.15, -0.1) is 0 Å². The molecular weight excluding hydrogens is 286 g/mol. The molecule has 4 rings (SSSR count). The molecule has 0 radical (unpaired) electrons. The average Bonchev–Trinajstić information content (AvgIpc) is 3.33. The van der Waals surface area contributed by atoms with E-state index in [1.165, 1.54) is 24.8 Å². The summed E-state index contributed by atoms with van der Waals surface area (Å²) in [6.45, 7) is 3.63. The van der Waals surface area contributed by atoms with Crippen LogP contribution in [0.2, 0.25) is 0 Å². The molecule has 0 bridgehead atoms. The molecule has 0 spiro atoms. The van der Waals surface area contributed by atoms with Crippen molar-refractivity contribution >= 4 is 11.9 Å². The third kappa shape index (κ3) is 3.26. The maximum absolute atomic E-state index is 12.4. The van der Waals surface area contributed by atoms with Crippen LogP contribution in [-0.4, -0.2) is 47.8 Å². The van der Waals surface area contributed by atoms with Crippen LogP contribution < -0.4 is 0 Å². The zero-order chi connectivity index (χ0) is 15.6. The Morgan fingerprint density at radius 1 is 1.04 bits per heavy atom. The predicted molar refractivity (Wildman–Crippen MR) is 91.2 cm³/mol. The van der Waals surface area contributed by atoms with Crippen LogP contribution in [0.5, 0.6) is 0 Å². The standard InChI is InChI=1S/C19H25N3O/c23-18(17-6-7-17)22-13-10-20-19(22)21-11-8-16(9-12-21)14-15-4-2-1-3-5-15/h1-5,16-17H,6-14H2. The maximum Gasteiger partial charge on any atom is 0.232 e. The molecule has 2 aliphatic heterocycles. The van der Waals surface area contributed by atoms with Crippen LogP contribution in [0, 0.1) is 11.8 Å². The second-order valence-electron chi connectivity index (χ2n) is 7.07. The fourth-order valence-corrected chi connectivity index (χ4v) is 3.75. The van der Waals surface area contributed by atoms with Crippen molar-refractivity contribution in [2.75, 3.05) is 26.2 Å². The van der Waals surface area contributed by atoms with Gasteiger partial charge in [0.05, 0.1) is 6.54 Å². The molecule has 1 aromatic carbocycles. The third-order valence-corrected chi connectivity index (χ3v) is 5.28. The van der Waals surface area contributed by atoms with E-state index in [2.05, 4.69) is 40.2 Å². The van der Waals surface area contributed by atoms with E-state index in [-0.39, 0.29) is 5.92 Å². The van der Waals surface area contributed by atoms with Crippen LogP contribution in [0.3, 0.4) is 0 Å². The fourth-order valence-electron chi connectivity index (χ4n) is 3.75. The quantitative estimate of drug-likeness (QED) is 0.860. The molecule has 23 heavy (non-hydrogen) atoms. The topological polar surface area (TPSA) is 35.9 Å². The van der Waals surface area contributed by atoms with Crippen LogP contribution in [0.25, 0.3) is 0 Å². The zero-order valence-electron chi connectivity index (χ0n) is 13.7. The molecule has 3 aliphatic rings. The van der Waals surface area contributed by atoms with E-state index in [0.717, 1.165) is 50.9 Å². The number of likely N-dealkylation sites (tertiary alicyclic amines) is 1. The number of carbonyl (C=O) groups excluding carboxylic acids is 1. The second-order valence-corrected chi connectivity index (χ2v) is 7.07. The molecule has 122 valence electrons. The summed E-state index contributed by atoms with van der Waals surface area (Å²) in [7, 11) is 0. The summed E-state index contributed by atoms with van der Waals surface area (Å²) in [6.07, 6.45) is 5.70. The molecule has 1 saturated carbocycles. The Morgan fingerprint density at radius 3 is 2.48 bits per heavy atom. The van der Waals surface area contributed by atoms with E-state index in [1.807, 2.05) is 4.90 Å². The number of hydrogen-bond acceptors (Lipinski definition) is 3. The highest BCUT2D eigenvalue weighted by Crippen LogP contribution is 2.32. The number of guanidine groups is 1. The molecule has 2 heterocycles. The predicted octanol–water partition coefficient (Wildman–Crippen LogP) is 2.55. The lowest BCUT2D eigenvalue weighted by Crippen LogP contribution is -2.48. The number of piperidine rings is 1. The van der Waals surface area contributed by atoms with Gasteiger partial charge in [-0.1, -0.05) is 30.3 Å². The lowest BCUT2D eigenvalue weighted by Gasteiger charge is -2.36. The fraction of sp³-hybridized carbons (Fsp3) is 0.579. The first kappa shape index (κ1) is 14.7. The molecule has 4 heteroatoms. The lowest BCUT2D eigenvalue weighted by molar-refractivity contribution is -0.128.